The van der Waals surface area contributed by atoms with Crippen molar-refractivity contribution in [3.05, 3.63) is 48.3 Å². The quantitative estimate of drug-likeness (QED) is 0.543. The minimum Gasteiger partial charge on any atom is -0.494 e. The Morgan fingerprint density at radius 3 is 2.41 bits per heavy atom. The van der Waals surface area contributed by atoms with E-state index in [9.17, 15) is 9.59 Å². The van der Waals surface area contributed by atoms with E-state index >= 15 is 0 Å². The maximum atomic E-state index is 13.2. The lowest BCUT2D eigenvalue weighted by molar-refractivity contribution is -0.133. The van der Waals surface area contributed by atoms with Gasteiger partial charge in [-0.2, -0.15) is 0 Å². The summed E-state index contributed by atoms with van der Waals surface area (Å²) in [5.41, 5.74) is 1.67. The molecule has 0 saturated heterocycles. The second-order valence-electron chi connectivity index (χ2n) is 8.08. The van der Waals surface area contributed by atoms with E-state index in [4.69, 9.17) is 9.47 Å². The number of anilines is 1. The van der Waals surface area contributed by atoms with Crippen LogP contribution in [0.25, 0.3) is 0 Å². The zero-order chi connectivity index (χ0) is 23.5. The summed E-state index contributed by atoms with van der Waals surface area (Å²) in [6.07, 6.45) is 1.95. The lowest BCUT2D eigenvalue weighted by atomic mass is 10.2. The van der Waals surface area contributed by atoms with Crippen LogP contribution in [0.2, 0.25) is 0 Å². The van der Waals surface area contributed by atoms with Crippen molar-refractivity contribution in [2.45, 2.75) is 27.3 Å². The van der Waals surface area contributed by atoms with Gasteiger partial charge in [-0.3, -0.25) is 4.79 Å². The van der Waals surface area contributed by atoms with E-state index in [-0.39, 0.29) is 24.4 Å². The normalized spacial score (nSPS) is 10.8. The first kappa shape index (κ1) is 25.3. The first-order valence-electron chi connectivity index (χ1n) is 11.0. The fourth-order valence-electron chi connectivity index (χ4n) is 3.28. The van der Waals surface area contributed by atoms with Gasteiger partial charge in [0.1, 0.15) is 12.3 Å². The summed E-state index contributed by atoms with van der Waals surface area (Å²) in [7, 11) is 3.56. The second kappa shape index (κ2) is 12.8. The van der Waals surface area contributed by atoms with Gasteiger partial charge in [-0.05, 0) is 49.2 Å². The summed E-state index contributed by atoms with van der Waals surface area (Å²) in [6, 6.07) is 10.8. The largest absolute Gasteiger partial charge is 0.494 e. The van der Waals surface area contributed by atoms with Gasteiger partial charge in [0.2, 0.25) is 5.91 Å². The Kier molecular flexibility index (Phi) is 10.1. The first-order valence-corrected chi connectivity index (χ1v) is 11.0. The van der Waals surface area contributed by atoms with Gasteiger partial charge < -0.3 is 29.2 Å². The third-order valence-corrected chi connectivity index (χ3v) is 4.94. The molecule has 2 aromatic rings. The molecule has 1 N–H and O–H groups in total. The van der Waals surface area contributed by atoms with E-state index < -0.39 is 0 Å². The highest BCUT2D eigenvalue weighted by Crippen LogP contribution is 2.16. The predicted octanol–water partition coefficient (Wildman–Crippen LogP) is 3.59. The molecule has 0 spiro atoms. The molecule has 0 unspecified atom stereocenters. The molecule has 0 fully saturated rings. The molecule has 0 bridgehead atoms. The van der Waals surface area contributed by atoms with Crippen molar-refractivity contribution in [1.82, 2.24) is 14.4 Å². The monoisotopic (exact) mass is 444 g/mol. The average Bonchev–Trinajstić information content (AvgIpc) is 3.16. The Balaban J connectivity index is 2.09. The number of hydrogen-bond acceptors (Lipinski definition) is 4. The SMILES string of the molecule is CCOc1ccc(NC(=O)N(CC(=O)N(CCOC)Cc2cccn2C)CC(C)C)cc1. The van der Waals surface area contributed by atoms with Gasteiger partial charge in [-0.15, -0.1) is 0 Å². The summed E-state index contributed by atoms with van der Waals surface area (Å²) < 4.78 is 12.6. The summed E-state index contributed by atoms with van der Waals surface area (Å²) in [4.78, 5) is 29.5. The number of nitrogens with zero attached hydrogens (tertiary/aromatic N) is 3. The van der Waals surface area contributed by atoms with Gasteiger partial charge in [-0.25, -0.2) is 4.79 Å². The molecule has 0 aliphatic carbocycles. The predicted molar refractivity (Wildman–Crippen MR) is 126 cm³/mol. The lowest BCUT2D eigenvalue weighted by Gasteiger charge is -2.29. The van der Waals surface area contributed by atoms with Crippen molar-refractivity contribution in [2.24, 2.45) is 13.0 Å². The molecule has 8 nitrogen and oxygen atoms in total. The van der Waals surface area contributed by atoms with E-state index in [0.717, 1.165) is 11.4 Å². The topological polar surface area (TPSA) is 76.0 Å². The highest BCUT2D eigenvalue weighted by atomic mass is 16.5. The van der Waals surface area contributed by atoms with Crippen LogP contribution in [0.1, 0.15) is 26.5 Å². The lowest BCUT2D eigenvalue weighted by Crippen LogP contribution is -2.46. The van der Waals surface area contributed by atoms with Crippen molar-refractivity contribution in [1.29, 1.82) is 0 Å². The smallest absolute Gasteiger partial charge is 0.322 e. The number of urea groups is 1. The third-order valence-electron chi connectivity index (χ3n) is 4.94. The van der Waals surface area contributed by atoms with Crippen LogP contribution < -0.4 is 10.1 Å². The molecular weight excluding hydrogens is 408 g/mol. The number of rotatable bonds is 12. The van der Waals surface area contributed by atoms with Gasteiger partial charge in [-0.1, -0.05) is 13.8 Å². The number of carbonyl (C=O) groups is 2. The molecule has 1 aromatic heterocycles. The van der Waals surface area contributed by atoms with Crippen molar-refractivity contribution in [3.8, 4) is 5.75 Å². The zero-order valence-electron chi connectivity index (χ0n) is 19.8. The number of carbonyl (C=O) groups excluding carboxylic acids is 2. The maximum Gasteiger partial charge on any atom is 0.322 e. The molecule has 8 heteroatoms. The standard InChI is InChI=1S/C24H36N4O4/c1-6-32-22-11-9-20(10-12-22)25-24(30)28(16-19(2)3)18-23(29)27(14-15-31-5)17-21-8-7-13-26(21)4/h7-13,19H,6,14-18H2,1-5H3,(H,25,30). The van der Waals surface area contributed by atoms with E-state index in [1.165, 1.54) is 0 Å². The van der Waals surface area contributed by atoms with Crippen LogP contribution in [-0.4, -0.2) is 66.3 Å². The first-order chi connectivity index (χ1) is 15.3. The average molecular weight is 445 g/mol. The van der Waals surface area contributed by atoms with E-state index in [1.807, 2.05) is 62.8 Å². The summed E-state index contributed by atoms with van der Waals surface area (Å²) in [6.45, 7) is 8.36. The zero-order valence-corrected chi connectivity index (χ0v) is 19.8. The third kappa shape index (κ3) is 7.92. The number of ether oxygens (including phenoxy) is 2. The van der Waals surface area contributed by atoms with Gasteiger partial charge in [0.25, 0.3) is 0 Å². The molecule has 3 amide bonds. The molecule has 0 aliphatic rings. The summed E-state index contributed by atoms with van der Waals surface area (Å²) >= 11 is 0. The van der Waals surface area contributed by atoms with Crippen molar-refractivity contribution in [3.63, 3.8) is 0 Å². The Bertz CT molecular complexity index is 848. The van der Waals surface area contributed by atoms with Crippen molar-refractivity contribution in [2.75, 3.05) is 45.3 Å². The molecule has 176 valence electrons. The Morgan fingerprint density at radius 2 is 1.84 bits per heavy atom. The van der Waals surface area contributed by atoms with Crippen molar-refractivity contribution < 1.29 is 19.1 Å². The molecule has 1 heterocycles. The molecule has 0 saturated carbocycles. The fraction of sp³-hybridized carbons (Fsp3) is 0.500. The molecule has 0 radical (unpaired) electrons. The van der Waals surface area contributed by atoms with Gasteiger partial charge in [0.05, 0.1) is 19.8 Å². The Morgan fingerprint density at radius 1 is 1.12 bits per heavy atom. The fourth-order valence-corrected chi connectivity index (χ4v) is 3.28. The molecular formula is C24H36N4O4. The summed E-state index contributed by atoms with van der Waals surface area (Å²) in [5, 5.41) is 2.89. The molecule has 1 aromatic carbocycles. The minimum absolute atomic E-state index is 0.00478. The van der Waals surface area contributed by atoms with Crippen LogP contribution in [-0.2, 0) is 23.1 Å². The van der Waals surface area contributed by atoms with Crippen LogP contribution in [0.3, 0.4) is 0 Å². The van der Waals surface area contributed by atoms with Crippen LogP contribution >= 0.6 is 0 Å². The van der Waals surface area contributed by atoms with Crippen LogP contribution in [0.5, 0.6) is 5.75 Å². The number of aryl methyl sites for hydroxylation is 1. The van der Waals surface area contributed by atoms with Crippen LogP contribution in [0.4, 0.5) is 10.5 Å². The Labute approximate surface area is 191 Å². The van der Waals surface area contributed by atoms with E-state index in [1.54, 1.807) is 29.0 Å². The second-order valence-corrected chi connectivity index (χ2v) is 8.08. The van der Waals surface area contributed by atoms with Crippen LogP contribution in [0.15, 0.2) is 42.6 Å². The van der Waals surface area contributed by atoms with Gasteiger partial charge in [0.15, 0.2) is 0 Å². The highest BCUT2D eigenvalue weighted by molar-refractivity contribution is 5.92. The number of methoxy groups -OCH3 is 1. The number of nitrogens with one attached hydrogen (secondary N) is 1. The molecule has 2 rings (SSSR count). The minimum atomic E-state index is -0.304. The number of hydrogen-bond donors (Lipinski definition) is 1. The van der Waals surface area contributed by atoms with Crippen molar-refractivity contribution >= 4 is 17.6 Å². The molecule has 0 atom stereocenters. The number of benzene rings is 1. The highest BCUT2D eigenvalue weighted by Gasteiger charge is 2.23. The van der Waals surface area contributed by atoms with E-state index in [0.29, 0.717) is 38.5 Å². The Hall–Kier alpha value is -3.00. The molecule has 32 heavy (non-hydrogen) atoms. The number of aromatic nitrogens is 1. The van der Waals surface area contributed by atoms with Crippen LogP contribution in [0, 0.1) is 5.92 Å². The molecule has 0 aliphatic heterocycles. The van der Waals surface area contributed by atoms with E-state index in [2.05, 4.69) is 5.32 Å². The summed E-state index contributed by atoms with van der Waals surface area (Å²) in [5.74, 6) is 0.842. The number of amides is 3. The van der Waals surface area contributed by atoms with Gasteiger partial charge in [0, 0.05) is 44.8 Å². The maximum absolute atomic E-state index is 13.2. The van der Waals surface area contributed by atoms with Gasteiger partial charge >= 0.3 is 6.03 Å².